The van der Waals surface area contributed by atoms with E-state index in [1.54, 1.807) is 24.3 Å². The standard InChI is InChI=1S/C29H25NO3/c1-21-18-19-26(25(20-21)27(31)22-12-6-3-7-13-22)30-28(32)29(33-2,23-14-8-4-9-15-23)24-16-10-5-11-17-24/h3-20H,1-2H3,(H,30,32). The van der Waals surface area contributed by atoms with Gasteiger partial charge in [-0.1, -0.05) is 103 Å². The van der Waals surface area contributed by atoms with Gasteiger partial charge in [0, 0.05) is 18.2 Å². The molecule has 4 aromatic rings. The number of ketones is 1. The van der Waals surface area contributed by atoms with Gasteiger partial charge in [0.2, 0.25) is 0 Å². The monoisotopic (exact) mass is 435 g/mol. The molecule has 0 atom stereocenters. The van der Waals surface area contributed by atoms with E-state index in [9.17, 15) is 9.59 Å². The summed E-state index contributed by atoms with van der Waals surface area (Å²) in [6.45, 7) is 1.92. The van der Waals surface area contributed by atoms with E-state index in [2.05, 4.69) is 5.32 Å². The Hall–Kier alpha value is -4.02. The van der Waals surface area contributed by atoms with E-state index >= 15 is 0 Å². The first kappa shape index (κ1) is 22.2. The van der Waals surface area contributed by atoms with Crippen molar-refractivity contribution < 1.29 is 14.3 Å². The smallest absolute Gasteiger partial charge is 0.265 e. The maximum atomic E-state index is 13.9. The summed E-state index contributed by atoms with van der Waals surface area (Å²) in [7, 11) is 1.52. The molecule has 0 aliphatic heterocycles. The summed E-state index contributed by atoms with van der Waals surface area (Å²) in [5.74, 6) is -0.537. The quantitative estimate of drug-likeness (QED) is 0.376. The lowest BCUT2D eigenvalue weighted by Gasteiger charge is -2.32. The zero-order chi connectivity index (χ0) is 23.3. The third-order valence-corrected chi connectivity index (χ3v) is 5.69. The number of carbonyl (C=O) groups is 2. The van der Waals surface area contributed by atoms with Crippen LogP contribution in [0.15, 0.2) is 109 Å². The van der Waals surface area contributed by atoms with E-state index in [0.29, 0.717) is 27.9 Å². The minimum absolute atomic E-state index is 0.156. The zero-order valence-corrected chi connectivity index (χ0v) is 18.6. The lowest BCUT2D eigenvalue weighted by Crippen LogP contribution is -2.43. The van der Waals surface area contributed by atoms with Crippen molar-refractivity contribution >= 4 is 17.4 Å². The molecular weight excluding hydrogens is 410 g/mol. The van der Waals surface area contributed by atoms with Gasteiger partial charge in [0.1, 0.15) is 0 Å². The molecule has 1 N–H and O–H groups in total. The summed E-state index contributed by atoms with van der Waals surface area (Å²) in [6, 6.07) is 33.2. The highest BCUT2D eigenvalue weighted by Gasteiger charge is 2.42. The second-order valence-corrected chi connectivity index (χ2v) is 7.82. The first-order valence-corrected chi connectivity index (χ1v) is 10.7. The van der Waals surface area contributed by atoms with Gasteiger partial charge in [-0.15, -0.1) is 0 Å². The summed E-state index contributed by atoms with van der Waals surface area (Å²) in [5.41, 5.74) is 2.35. The Labute approximate surface area is 193 Å². The lowest BCUT2D eigenvalue weighted by atomic mass is 9.85. The third kappa shape index (κ3) is 4.34. The molecule has 0 unspecified atom stereocenters. The van der Waals surface area contributed by atoms with Crippen molar-refractivity contribution in [1.29, 1.82) is 0 Å². The molecule has 4 aromatic carbocycles. The first-order valence-electron chi connectivity index (χ1n) is 10.7. The van der Waals surface area contributed by atoms with E-state index in [4.69, 9.17) is 4.74 Å². The third-order valence-electron chi connectivity index (χ3n) is 5.69. The molecule has 0 aromatic heterocycles. The molecule has 4 rings (SSSR count). The maximum Gasteiger partial charge on any atom is 0.265 e. The number of benzene rings is 4. The van der Waals surface area contributed by atoms with Crippen LogP contribution < -0.4 is 5.32 Å². The Balaban J connectivity index is 1.80. The molecule has 164 valence electrons. The average Bonchev–Trinajstić information content (AvgIpc) is 2.87. The van der Waals surface area contributed by atoms with Gasteiger partial charge < -0.3 is 10.1 Å². The number of hydrogen-bond acceptors (Lipinski definition) is 3. The van der Waals surface area contributed by atoms with E-state index in [-0.39, 0.29) is 11.7 Å². The van der Waals surface area contributed by atoms with Crippen molar-refractivity contribution in [1.82, 2.24) is 0 Å². The summed E-state index contributed by atoms with van der Waals surface area (Å²) in [5, 5.41) is 2.99. The van der Waals surface area contributed by atoms with E-state index in [1.807, 2.05) is 91.9 Å². The Bertz CT molecular complexity index is 1210. The molecule has 4 nitrogen and oxygen atoms in total. The molecule has 0 saturated heterocycles. The van der Waals surface area contributed by atoms with Gasteiger partial charge in [0.05, 0.1) is 5.69 Å². The molecular formula is C29H25NO3. The van der Waals surface area contributed by atoms with E-state index in [1.165, 1.54) is 7.11 Å². The van der Waals surface area contributed by atoms with Gasteiger partial charge in [-0.05, 0) is 30.2 Å². The molecule has 1 amide bonds. The molecule has 0 radical (unpaired) electrons. The summed E-state index contributed by atoms with van der Waals surface area (Å²) in [4.78, 5) is 27.2. The normalized spacial score (nSPS) is 11.1. The summed E-state index contributed by atoms with van der Waals surface area (Å²) >= 11 is 0. The van der Waals surface area contributed by atoms with Crippen LogP contribution in [0.3, 0.4) is 0 Å². The number of aryl methyl sites for hydroxylation is 1. The molecule has 0 aliphatic rings. The van der Waals surface area contributed by atoms with Gasteiger partial charge >= 0.3 is 0 Å². The molecule has 0 aliphatic carbocycles. The summed E-state index contributed by atoms with van der Waals surface area (Å²) in [6.07, 6.45) is 0. The molecule has 4 heteroatoms. The van der Waals surface area contributed by atoms with Gasteiger partial charge in [-0.25, -0.2) is 0 Å². The fraction of sp³-hybridized carbons (Fsp3) is 0.103. The molecule has 0 spiro atoms. The first-order chi connectivity index (χ1) is 16.1. The van der Waals surface area contributed by atoms with Crippen molar-refractivity contribution in [3.63, 3.8) is 0 Å². The van der Waals surface area contributed by atoms with Crippen LogP contribution in [0.25, 0.3) is 0 Å². The van der Waals surface area contributed by atoms with Crippen LogP contribution in [0.5, 0.6) is 0 Å². The molecule has 0 bridgehead atoms. The van der Waals surface area contributed by atoms with Crippen molar-refractivity contribution in [2.24, 2.45) is 0 Å². The van der Waals surface area contributed by atoms with Crippen molar-refractivity contribution in [3.8, 4) is 0 Å². The molecule has 0 fully saturated rings. The fourth-order valence-electron chi connectivity index (χ4n) is 4.01. The predicted molar refractivity (Wildman–Crippen MR) is 130 cm³/mol. The predicted octanol–water partition coefficient (Wildman–Crippen LogP) is 5.75. The van der Waals surface area contributed by atoms with Crippen molar-refractivity contribution in [2.75, 3.05) is 12.4 Å². The van der Waals surface area contributed by atoms with Crippen LogP contribution >= 0.6 is 0 Å². The van der Waals surface area contributed by atoms with Crippen LogP contribution in [0.4, 0.5) is 5.69 Å². The topological polar surface area (TPSA) is 55.4 Å². The van der Waals surface area contributed by atoms with Gasteiger partial charge in [0.15, 0.2) is 11.4 Å². The number of hydrogen-bond donors (Lipinski definition) is 1. The molecule has 0 heterocycles. The van der Waals surface area contributed by atoms with Gasteiger partial charge in [0.25, 0.3) is 5.91 Å². The largest absolute Gasteiger partial charge is 0.359 e. The number of rotatable bonds is 7. The van der Waals surface area contributed by atoms with E-state index in [0.717, 1.165) is 5.56 Å². The van der Waals surface area contributed by atoms with Gasteiger partial charge in [-0.2, -0.15) is 0 Å². The van der Waals surface area contributed by atoms with Gasteiger partial charge in [-0.3, -0.25) is 9.59 Å². The Kier molecular flexibility index (Phi) is 6.48. The molecule has 33 heavy (non-hydrogen) atoms. The second-order valence-electron chi connectivity index (χ2n) is 7.82. The average molecular weight is 436 g/mol. The fourth-order valence-corrected chi connectivity index (χ4v) is 4.01. The Morgan fingerprint density at radius 3 is 1.76 bits per heavy atom. The van der Waals surface area contributed by atoms with Crippen molar-refractivity contribution in [3.05, 3.63) is 137 Å². The number of ether oxygens (including phenoxy) is 1. The second kappa shape index (κ2) is 9.63. The van der Waals surface area contributed by atoms with Crippen LogP contribution in [-0.4, -0.2) is 18.8 Å². The summed E-state index contributed by atoms with van der Waals surface area (Å²) < 4.78 is 5.96. The number of amides is 1. The molecule has 0 saturated carbocycles. The van der Waals surface area contributed by atoms with Crippen LogP contribution in [0.1, 0.15) is 32.6 Å². The Morgan fingerprint density at radius 2 is 1.24 bits per heavy atom. The van der Waals surface area contributed by atoms with Crippen LogP contribution in [0, 0.1) is 6.92 Å². The lowest BCUT2D eigenvalue weighted by molar-refractivity contribution is -0.134. The number of methoxy groups -OCH3 is 1. The highest BCUT2D eigenvalue weighted by Crippen LogP contribution is 2.35. The van der Waals surface area contributed by atoms with E-state index < -0.39 is 5.60 Å². The minimum atomic E-state index is -1.39. The Morgan fingerprint density at radius 1 is 0.727 bits per heavy atom. The number of nitrogens with one attached hydrogen (secondary N) is 1. The zero-order valence-electron chi connectivity index (χ0n) is 18.6. The number of anilines is 1. The highest BCUT2D eigenvalue weighted by molar-refractivity contribution is 6.14. The highest BCUT2D eigenvalue weighted by atomic mass is 16.5. The maximum absolute atomic E-state index is 13.9. The number of carbonyl (C=O) groups excluding carboxylic acids is 2. The van der Waals surface area contributed by atoms with Crippen LogP contribution in [0.2, 0.25) is 0 Å². The minimum Gasteiger partial charge on any atom is -0.359 e. The SMILES string of the molecule is COC(C(=O)Nc1ccc(C)cc1C(=O)c1ccccc1)(c1ccccc1)c1ccccc1. The van der Waals surface area contributed by atoms with Crippen molar-refractivity contribution in [2.45, 2.75) is 12.5 Å². The van der Waals surface area contributed by atoms with Crippen LogP contribution in [-0.2, 0) is 15.1 Å².